The lowest BCUT2D eigenvalue weighted by atomic mass is 10.1. The molecule has 0 bridgehead atoms. The van der Waals surface area contributed by atoms with Gasteiger partial charge < -0.3 is 10.1 Å². The third-order valence-electron chi connectivity index (χ3n) is 3.08. The van der Waals surface area contributed by atoms with Crippen molar-refractivity contribution in [2.45, 2.75) is 6.42 Å². The molecule has 1 heterocycles. The van der Waals surface area contributed by atoms with E-state index in [-0.39, 0.29) is 11.6 Å². The minimum absolute atomic E-state index is 0.0284. The second-order valence-corrected chi connectivity index (χ2v) is 5.03. The number of nitro groups is 1. The highest BCUT2D eigenvalue weighted by molar-refractivity contribution is 7.80. The maximum absolute atomic E-state index is 12.3. The predicted molar refractivity (Wildman–Crippen MR) is 85.0 cm³/mol. The fraction of sp³-hybridized carbons (Fsp3) is 0.286. The van der Waals surface area contributed by atoms with Crippen molar-refractivity contribution in [1.29, 1.82) is 0 Å². The van der Waals surface area contributed by atoms with Gasteiger partial charge in [-0.3, -0.25) is 19.8 Å². The van der Waals surface area contributed by atoms with Gasteiger partial charge in [0, 0.05) is 32.4 Å². The quantitative estimate of drug-likeness (QED) is 0.282. The Bertz CT molecular complexity index is 645. The number of nitro benzene ring substituents is 1. The van der Waals surface area contributed by atoms with Crippen LogP contribution in [0, 0.1) is 10.1 Å². The molecule has 1 saturated heterocycles. The number of nitrogens with zero attached hydrogens (tertiary/aromatic N) is 2. The Balaban J connectivity index is 2.15. The normalized spacial score (nSPS) is 16.2. The van der Waals surface area contributed by atoms with Crippen LogP contribution < -0.4 is 5.32 Å². The highest BCUT2D eigenvalue weighted by Crippen LogP contribution is 2.18. The molecule has 0 atom stereocenters. The molecule has 7 nitrogen and oxygen atoms in total. The van der Waals surface area contributed by atoms with Crippen LogP contribution in [0.15, 0.2) is 30.0 Å². The Labute approximate surface area is 132 Å². The molecule has 2 rings (SSSR count). The largest absolute Gasteiger partial charge is 0.385 e. The summed E-state index contributed by atoms with van der Waals surface area (Å²) >= 11 is 5.13. The molecule has 116 valence electrons. The molecule has 22 heavy (non-hydrogen) atoms. The number of benzene rings is 1. The first-order chi connectivity index (χ1) is 10.5. The lowest BCUT2D eigenvalue weighted by Crippen LogP contribution is -2.32. The van der Waals surface area contributed by atoms with Gasteiger partial charge in [0.05, 0.1) is 4.92 Å². The molecule has 1 aromatic carbocycles. The Hall–Kier alpha value is -2.32. The number of thiocarbonyl (C=S) groups is 1. The van der Waals surface area contributed by atoms with Crippen LogP contribution in [0.5, 0.6) is 0 Å². The SMILES string of the molecule is COCCCN1C(=O)/C(=C\c2cccc([N+](=O)[O-])c2)NC1=S. The van der Waals surface area contributed by atoms with Crippen molar-refractivity contribution in [2.24, 2.45) is 0 Å². The molecule has 1 amide bonds. The van der Waals surface area contributed by atoms with Gasteiger partial charge in [-0.15, -0.1) is 0 Å². The van der Waals surface area contributed by atoms with Crippen LogP contribution in [0.1, 0.15) is 12.0 Å². The van der Waals surface area contributed by atoms with Gasteiger partial charge in [-0.05, 0) is 30.3 Å². The second-order valence-electron chi connectivity index (χ2n) is 4.64. The molecular formula is C14H15N3O4S. The zero-order valence-electron chi connectivity index (χ0n) is 11.9. The van der Waals surface area contributed by atoms with Gasteiger partial charge in [0.2, 0.25) is 0 Å². The monoisotopic (exact) mass is 321 g/mol. The summed E-state index contributed by atoms with van der Waals surface area (Å²) in [5.41, 5.74) is 0.842. The van der Waals surface area contributed by atoms with E-state index in [0.29, 0.717) is 35.9 Å². The number of amides is 1. The second kappa shape index (κ2) is 7.10. The van der Waals surface area contributed by atoms with Gasteiger partial charge in [-0.1, -0.05) is 12.1 Å². The fourth-order valence-electron chi connectivity index (χ4n) is 2.04. The summed E-state index contributed by atoms with van der Waals surface area (Å²) < 4.78 is 4.95. The average Bonchev–Trinajstić information content (AvgIpc) is 2.75. The van der Waals surface area contributed by atoms with Gasteiger partial charge in [-0.25, -0.2) is 0 Å². The molecule has 1 aromatic rings. The van der Waals surface area contributed by atoms with Gasteiger partial charge in [0.25, 0.3) is 11.6 Å². The highest BCUT2D eigenvalue weighted by Gasteiger charge is 2.30. The van der Waals surface area contributed by atoms with Crippen molar-refractivity contribution >= 4 is 35.0 Å². The molecule has 8 heteroatoms. The third kappa shape index (κ3) is 3.66. The Kier molecular flexibility index (Phi) is 5.18. The Morgan fingerprint density at radius 3 is 2.95 bits per heavy atom. The summed E-state index contributed by atoms with van der Waals surface area (Å²) in [4.78, 5) is 24.0. The van der Waals surface area contributed by atoms with E-state index in [0.717, 1.165) is 0 Å². The van der Waals surface area contributed by atoms with Crippen LogP contribution in [-0.2, 0) is 9.53 Å². The number of carbonyl (C=O) groups is 1. The van der Waals surface area contributed by atoms with Gasteiger partial charge in [0.15, 0.2) is 5.11 Å². The van der Waals surface area contributed by atoms with Crippen molar-refractivity contribution in [2.75, 3.05) is 20.3 Å². The van der Waals surface area contributed by atoms with E-state index in [9.17, 15) is 14.9 Å². The van der Waals surface area contributed by atoms with Gasteiger partial charge in [0.1, 0.15) is 5.70 Å². The lowest BCUT2D eigenvalue weighted by Gasteiger charge is -2.12. The number of carbonyl (C=O) groups excluding carboxylic acids is 1. The molecule has 0 spiro atoms. The Morgan fingerprint density at radius 1 is 1.50 bits per heavy atom. The number of hydrogen-bond donors (Lipinski definition) is 1. The van der Waals surface area contributed by atoms with Gasteiger partial charge in [-0.2, -0.15) is 0 Å². The smallest absolute Gasteiger partial charge is 0.276 e. The molecule has 0 aliphatic carbocycles. The summed E-state index contributed by atoms with van der Waals surface area (Å²) in [6, 6.07) is 6.05. The van der Waals surface area contributed by atoms with E-state index < -0.39 is 4.92 Å². The number of methoxy groups -OCH3 is 1. The van der Waals surface area contributed by atoms with Crippen molar-refractivity contribution < 1.29 is 14.5 Å². The molecule has 1 aliphatic rings. The number of hydrogen-bond acceptors (Lipinski definition) is 5. The maximum Gasteiger partial charge on any atom is 0.276 e. The lowest BCUT2D eigenvalue weighted by molar-refractivity contribution is -0.384. The van der Waals surface area contributed by atoms with Crippen molar-refractivity contribution in [3.8, 4) is 0 Å². The molecule has 1 aliphatic heterocycles. The van der Waals surface area contributed by atoms with Crippen LogP contribution in [0.25, 0.3) is 6.08 Å². The first-order valence-electron chi connectivity index (χ1n) is 6.61. The minimum Gasteiger partial charge on any atom is -0.385 e. The maximum atomic E-state index is 12.3. The number of rotatable bonds is 6. The van der Waals surface area contributed by atoms with Crippen molar-refractivity contribution in [3.63, 3.8) is 0 Å². The third-order valence-corrected chi connectivity index (χ3v) is 3.41. The molecule has 0 aromatic heterocycles. The van der Waals surface area contributed by atoms with Gasteiger partial charge >= 0.3 is 0 Å². The summed E-state index contributed by atoms with van der Waals surface area (Å²) in [7, 11) is 1.59. The summed E-state index contributed by atoms with van der Waals surface area (Å²) in [6.45, 7) is 1.00. The van der Waals surface area contributed by atoms with E-state index in [1.807, 2.05) is 0 Å². The standard InChI is InChI=1S/C14H15N3O4S/c1-21-7-3-6-16-13(18)12(15-14(16)22)9-10-4-2-5-11(8-10)17(19)20/h2,4-5,8-9H,3,6-7H2,1H3,(H,15,22)/b12-9+. The van der Waals surface area contributed by atoms with Crippen LogP contribution in [-0.4, -0.2) is 41.1 Å². The van der Waals surface area contributed by atoms with Crippen molar-refractivity contribution in [3.05, 3.63) is 45.6 Å². The zero-order valence-corrected chi connectivity index (χ0v) is 12.8. The summed E-state index contributed by atoms with van der Waals surface area (Å²) in [6.07, 6.45) is 2.23. The van der Waals surface area contributed by atoms with E-state index in [4.69, 9.17) is 17.0 Å². The van der Waals surface area contributed by atoms with Crippen LogP contribution in [0.4, 0.5) is 5.69 Å². The molecule has 0 radical (unpaired) electrons. The first-order valence-corrected chi connectivity index (χ1v) is 7.01. The van der Waals surface area contributed by atoms with Crippen LogP contribution >= 0.6 is 12.2 Å². The number of ether oxygens (including phenoxy) is 1. The Morgan fingerprint density at radius 2 is 2.27 bits per heavy atom. The first kappa shape index (κ1) is 16.1. The molecule has 0 unspecified atom stereocenters. The molecule has 1 N–H and O–H groups in total. The molecular weight excluding hydrogens is 306 g/mol. The summed E-state index contributed by atoms with van der Waals surface area (Å²) in [5.74, 6) is -0.243. The minimum atomic E-state index is -0.479. The van der Waals surface area contributed by atoms with Crippen LogP contribution in [0.2, 0.25) is 0 Å². The van der Waals surface area contributed by atoms with E-state index in [1.54, 1.807) is 25.3 Å². The topological polar surface area (TPSA) is 84.7 Å². The number of non-ortho nitro benzene ring substituents is 1. The van der Waals surface area contributed by atoms with E-state index >= 15 is 0 Å². The van der Waals surface area contributed by atoms with E-state index in [2.05, 4.69) is 5.32 Å². The number of nitrogens with one attached hydrogen (secondary N) is 1. The molecule has 1 fully saturated rings. The fourth-order valence-corrected chi connectivity index (χ4v) is 2.32. The zero-order chi connectivity index (χ0) is 16.1. The van der Waals surface area contributed by atoms with E-state index in [1.165, 1.54) is 17.0 Å². The molecule has 0 saturated carbocycles. The summed E-state index contributed by atoms with van der Waals surface area (Å²) in [5, 5.41) is 13.9. The van der Waals surface area contributed by atoms with Crippen LogP contribution in [0.3, 0.4) is 0 Å². The average molecular weight is 321 g/mol. The predicted octanol–water partition coefficient (Wildman–Crippen LogP) is 1.69. The van der Waals surface area contributed by atoms with Crippen molar-refractivity contribution in [1.82, 2.24) is 10.2 Å². The highest BCUT2D eigenvalue weighted by atomic mass is 32.1.